The maximum atomic E-state index is 12.8. The molecule has 1 aromatic heterocycles. The highest BCUT2D eigenvalue weighted by Crippen LogP contribution is 2.15. The van der Waals surface area contributed by atoms with Crippen LogP contribution in [0.25, 0.3) is 0 Å². The summed E-state index contributed by atoms with van der Waals surface area (Å²) in [5.41, 5.74) is 5.50. The Bertz CT molecular complexity index is 471. The van der Waals surface area contributed by atoms with Crippen molar-refractivity contribution in [2.45, 2.75) is 20.0 Å². The van der Waals surface area contributed by atoms with E-state index in [9.17, 15) is 13.6 Å². The number of alkyl halides is 2. The van der Waals surface area contributed by atoms with E-state index in [2.05, 4.69) is 4.98 Å². The molecule has 118 valence electrons. The molecule has 1 aliphatic rings. The Balaban J connectivity index is 1.87. The summed E-state index contributed by atoms with van der Waals surface area (Å²) in [4.78, 5) is 19.8. The predicted octanol–water partition coefficient (Wildman–Crippen LogP) is 0.517. The lowest BCUT2D eigenvalue weighted by molar-refractivity contribution is -0.136. The molecule has 0 spiro atoms. The number of halogens is 2. The molecule has 0 aliphatic carbocycles. The highest BCUT2D eigenvalue weighted by atomic mass is 19.3. The number of amides is 1. The van der Waals surface area contributed by atoms with Crippen LogP contribution in [-0.4, -0.2) is 58.0 Å². The Morgan fingerprint density at radius 1 is 1.38 bits per heavy atom. The molecular formula is C13H21F2N5O. The third kappa shape index (κ3) is 3.76. The van der Waals surface area contributed by atoms with Gasteiger partial charge in [0.2, 0.25) is 5.91 Å². The summed E-state index contributed by atoms with van der Waals surface area (Å²) in [6.45, 7) is 2.44. The molecule has 0 aromatic carbocycles. The lowest BCUT2D eigenvalue weighted by Gasteiger charge is -2.35. The Hall–Kier alpha value is -1.54. The Morgan fingerprint density at radius 3 is 2.62 bits per heavy atom. The van der Waals surface area contributed by atoms with Crippen molar-refractivity contribution >= 4 is 5.91 Å². The summed E-state index contributed by atoms with van der Waals surface area (Å²) in [6.07, 6.45) is 2.66. The molecule has 6 nitrogen and oxygen atoms in total. The molecule has 21 heavy (non-hydrogen) atoms. The lowest BCUT2D eigenvalue weighted by Crippen LogP contribution is -2.50. The van der Waals surface area contributed by atoms with Crippen molar-refractivity contribution in [1.82, 2.24) is 19.4 Å². The standard InChI is InChI=1S/C13H21F2N5O/c1-10(8-16)12(21)19-6-4-18(5-7-19)9-11-17-2-3-20(11)13(14)15/h2-3,10,13H,4-9,16H2,1H3. The molecule has 2 rings (SSSR count). The molecular weight excluding hydrogens is 280 g/mol. The van der Waals surface area contributed by atoms with Gasteiger partial charge in [-0.25, -0.2) is 4.98 Å². The van der Waals surface area contributed by atoms with Gasteiger partial charge >= 0.3 is 6.55 Å². The number of imidazole rings is 1. The van der Waals surface area contributed by atoms with E-state index in [-0.39, 0.29) is 11.8 Å². The van der Waals surface area contributed by atoms with Crippen molar-refractivity contribution in [2.24, 2.45) is 11.7 Å². The van der Waals surface area contributed by atoms with Gasteiger partial charge in [-0.1, -0.05) is 6.92 Å². The van der Waals surface area contributed by atoms with E-state index in [0.717, 1.165) is 4.57 Å². The molecule has 1 amide bonds. The fraction of sp³-hybridized carbons (Fsp3) is 0.692. The minimum Gasteiger partial charge on any atom is -0.340 e. The molecule has 1 atom stereocenters. The second-order valence-corrected chi connectivity index (χ2v) is 5.27. The number of hydrogen-bond donors (Lipinski definition) is 1. The number of rotatable bonds is 5. The van der Waals surface area contributed by atoms with Crippen LogP contribution in [0.2, 0.25) is 0 Å². The van der Waals surface area contributed by atoms with Crippen molar-refractivity contribution in [1.29, 1.82) is 0 Å². The number of aromatic nitrogens is 2. The third-order valence-electron chi connectivity index (χ3n) is 3.78. The Labute approximate surface area is 122 Å². The molecule has 1 unspecified atom stereocenters. The molecule has 1 saturated heterocycles. The first-order valence-corrected chi connectivity index (χ1v) is 7.04. The number of carbonyl (C=O) groups excluding carboxylic acids is 1. The van der Waals surface area contributed by atoms with E-state index >= 15 is 0 Å². The normalized spacial score (nSPS) is 18.2. The first kappa shape index (κ1) is 15.8. The maximum absolute atomic E-state index is 12.8. The molecule has 2 N–H and O–H groups in total. The summed E-state index contributed by atoms with van der Waals surface area (Å²) in [7, 11) is 0. The second-order valence-electron chi connectivity index (χ2n) is 5.27. The van der Waals surface area contributed by atoms with Crippen molar-refractivity contribution in [3.8, 4) is 0 Å². The maximum Gasteiger partial charge on any atom is 0.319 e. The fourth-order valence-electron chi connectivity index (χ4n) is 2.38. The molecule has 0 bridgehead atoms. The second kappa shape index (κ2) is 6.95. The van der Waals surface area contributed by atoms with Gasteiger partial charge in [-0.2, -0.15) is 8.78 Å². The molecule has 1 fully saturated rings. The zero-order chi connectivity index (χ0) is 15.4. The highest BCUT2D eigenvalue weighted by molar-refractivity contribution is 5.78. The smallest absolute Gasteiger partial charge is 0.319 e. The fourth-order valence-corrected chi connectivity index (χ4v) is 2.38. The minimum absolute atomic E-state index is 0.0613. The van der Waals surface area contributed by atoms with E-state index in [1.165, 1.54) is 12.4 Å². The van der Waals surface area contributed by atoms with E-state index in [1.807, 2.05) is 11.8 Å². The van der Waals surface area contributed by atoms with Crippen molar-refractivity contribution in [3.63, 3.8) is 0 Å². The van der Waals surface area contributed by atoms with E-state index in [1.54, 1.807) is 4.90 Å². The van der Waals surface area contributed by atoms with Gasteiger partial charge in [-0.05, 0) is 0 Å². The Morgan fingerprint density at radius 2 is 2.05 bits per heavy atom. The first-order valence-electron chi connectivity index (χ1n) is 7.04. The molecule has 8 heteroatoms. The van der Waals surface area contributed by atoms with Crippen LogP contribution < -0.4 is 5.73 Å². The summed E-state index contributed by atoms with van der Waals surface area (Å²) in [5, 5.41) is 0. The minimum atomic E-state index is -2.57. The summed E-state index contributed by atoms with van der Waals surface area (Å²) in [5.74, 6) is 0.237. The molecule has 1 aromatic rings. The van der Waals surface area contributed by atoms with Crippen molar-refractivity contribution in [3.05, 3.63) is 18.2 Å². The van der Waals surface area contributed by atoms with Gasteiger partial charge in [-0.15, -0.1) is 0 Å². The van der Waals surface area contributed by atoms with Gasteiger partial charge in [-0.3, -0.25) is 14.3 Å². The zero-order valence-corrected chi connectivity index (χ0v) is 12.1. The molecule has 0 saturated carbocycles. The third-order valence-corrected chi connectivity index (χ3v) is 3.78. The van der Waals surface area contributed by atoms with Gasteiger partial charge in [0.1, 0.15) is 5.82 Å². The van der Waals surface area contributed by atoms with Crippen LogP contribution in [0.3, 0.4) is 0 Å². The van der Waals surface area contributed by atoms with Gasteiger partial charge in [0.15, 0.2) is 0 Å². The highest BCUT2D eigenvalue weighted by Gasteiger charge is 2.25. The summed E-state index contributed by atoms with van der Waals surface area (Å²) >= 11 is 0. The SMILES string of the molecule is CC(CN)C(=O)N1CCN(Cc2nccn2C(F)F)CC1. The van der Waals surface area contributed by atoms with Gasteiger partial charge < -0.3 is 10.6 Å². The Kier molecular flexibility index (Phi) is 5.24. The quantitative estimate of drug-likeness (QED) is 0.861. The lowest BCUT2D eigenvalue weighted by atomic mass is 10.1. The van der Waals surface area contributed by atoms with Crippen molar-refractivity contribution < 1.29 is 13.6 Å². The number of nitrogens with two attached hydrogens (primary N) is 1. The van der Waals surface area contributed by atoms with Crippen LogP contribution in [0.4, 0.5) is 8.78 Å². The average molecular weight is 301 g/mol. The molecule has 1 aliphatic heterocycles. The monoisotopic (exact) mass is 301 g/mol. The van der Waals surface area contributed by atoms with Crippen molar-refractivity contribution in [2.75, 3.05) is 32.7 Å². The van der Waals surface area contributed by atoms with Gasteiger partial charge in [0.05, 0.1) is 6.54 Å². The predicted molar refractivity (Wildman–Crippen MR) is 73.6 cm³/mol. The van der Waals surface area contributed by atoms with E-state index in [4.69, 9.17) is 5.73 Å². The van der Waals surface area contributed by atoms with E-state index < -0.39 is 6.55 Å². The number of carbonyl (C=O) groups is 1. The first-order chi connectivity index (χ1) is 10.0. The molecule has 0 radical (unpaired) electrons. The summed E-state index contributed by atoms with van der Waals surface area (Å²) in [6, 6.07) is 0. The van der Waals surface area contributed by atoms with Gasteiger partial charge in [0, 0.05) is 51.0 Å². The van der Waals surface area contributed by atoms with Crippen LogP contribution in [0.1, 0.15) is 19.3 Å². The number of piperazine rings is 1. The topological polar surface area (TPSA) is 67.4 Å². The zero-order valence-electron chi connectivity index (χ0n) is 12.1. The largest absolute Gasteiger partial charge is 0.340 e. The van der Waals surface area contributed by atoms with E-state index in [0.29, 0.717) is 45.1 Å². The van der Waals surface area contributed by atoms with Crippen LogP contribution in [0, 0.1) is 5.92 Å². The van der Waals surface area contributed by atoms with Crippen LogP contribution in [0.15, 0.2) is 12.4 Å². The van der Waals surface area contributed by atoms with Gasteiger partial charge in [0.25, 0.3) is 0 Å². The van der Waals surface area contributed by atoms with Crippen LogP contribution in [-0.2, 0) is 11.3 Å². The number of hydrogen-bond acceptors (Lipinski definition) is 4. The summed E-state index contributed by atoms with van der Waals surface area (Å²) < 4.78 is 26.4. The van der Waals surface area contributed by atoms with Crippen LogP contribution in [0.5, 0.6) is 0 Å². The average Bonchev–Trinajstić information content (AvgIpc) is 2.95. The number of nitrogens with zero attached hydrogens (tertiary/aromatic N) is 4. The molecule has 2 heterocycles. The van der Waals surface area contributed by atoms with Crippen LogP contribution >= 0.6 is 0 Å².